The summed E-state index contributed by atoms with van der Waals surface area (Å²) in [4.78, 5) is 30.1. The van der Waals surface area contributed by atoms with Gasteiger partial charge in [-0.1, -0.05) is 182 Å². The topological polar surface area (TPSA) is 86.6 Å². The van der Waals surface area contributed by atoms with E-state index < -0.39 is 5.41 Å². The molecule has 7 nitrogen and oxygen atoms in total. The van der Waals surface area contributed by atoms with Crippen molar-refractivity contribution in [2.75, 3.05) is 0 Å². The highest BCUT2D eigenvalue weighted by Crippen LogP contribution is 2.50. The fourth-order valence-corrected chi connectivity index (χ4v) is 8.68. The molecule has 0 fully saturated rings. The monoisotopic (exact) mass is 896 g/mol. The summed E-state index contributed by atoms with van der Waals surface area (Å²) in [5, 5.41) is 0. The zero-order valence-electron chi connectivity index (χ0n) is 40.0. The molecule has 10 rings (SSSR count). The number of hydrogen-bond acceptors (Lipinski definition) is 7. The van der Waals surface area contributed by atoms with Gasteiger partial charge in [0.15, 0.2) is 34.9 Å². The molecule has 0 unspecified atom stereocenters. The predicted octanol–water partition coefficient (Wildman–Crippen LogP) is 15.6. The Kier molecular flexibility index (Phi) is 11.8. The first-order valence-corrected chi connectivity index (χ1v) is 23.3. The van der Waals surface area contributed by atoms with E-state index in [4.69, 9.17) is 34.6 Å². The van der Waals surface area contributed by atoms with Gasteiger partial charge in [-0.05, 0) is 93.3 Å². The van der Waals surface area contributed by atoms with Gasteiger partial charge in [-0.25, -0.2) is 29.9 Å². The highest BCUT2D eigenvalue weighted by Gasteiger charge is 2.35. The van der Waals surface area contributed by atoms with Crippen LogP contribution in [-0.4, -0.2) is 29.9 Å². The predicted molar refractivity (Wildman–Crippen MR) is 282 cm³/mol. The molecule has 1 aliphatic rings. The van der Waals surface area contributed by atoms with Crippen molar-refractivity contribution >= 4 is 5.57 Å². The molecule has 0 spiro atoms. The lowest BCUT2D eigenvalue weighted by Crippen LogP contribution is -2.24. The van der Waals surface area contributed by atoms with Gasteiger partial charge in [-0.2, -0.15) is 0 Å². The lowest BCUT2D eigenvalue weighted by molar-refractivity contribution is 0.418. The lowest BCUT2D eigenvalue weighted by Gasteiger charge is -2.35. The van der Waals surface area contributed by atoms with Crippen LogP contribution < -0.4 is 4.74 Å². The first kappa shape index (κ1) is 44.4. The standard InChI is InChI=1S/C62H52N6O/c1-9-42(23-16-38(2)3)56-63-57(43-24-17-39(4)18-25-43)66-60(64-56)50-14-10-12-46(34-50)48-30-32-54-52(36-48)62(7,8)53-37-49(31-33-55(53)69-54)47-13-11-15-51(35-47)61-67-58(44-26-19-40(5)20-27-44)65-59(68-61)45-28-21-41(6)22-29-45/h9-37H,2H2,1,3-8H3/b23-16-,42-9+. The second-order valence-corrected chi connectivity index (χ2v) is 18.4. The van der Waals surface area contributed by atoms with Gasteiger partial charge in [0.1, 0.15) is 11.5 Å². The van der Waals surface area contributed by atoms with Crippen LogP contribution >= 0.6 is 0 Å². The Morgan fingerprint density at radius 3 is 1.19 bits per heavy atom. The largest absolute Gasteiger partial charge is 0.457 e. The van der Waals surface area contributed by atoms with E-state index in [1.807, 2.05) is 32.1 Å². The molecule has 69 heavy (non-hydrogen) atoms. The first-order chi connectivity index (χ1) is 33.4. The summed E-state index contributed by atoms with van der Waals surface area (Å²) in [6.07, 6.45) is 6.00. The summed E-state index contributed by atoms with van der Waals surface area (Å²) in [5.74, 6) is 5.39. The van der Waals surface area contributed by atoms with Gasteiger partial charge < -0.3 is 4.74 Å². The molecule has 0 N–H and O–H groups in total. The molecule has 3 heterocycles. The van der Waals surface area contributed by atoms with Crippen molar-refractivity contribution in [3.63, 3.8) is 0 Å². The van der Waals surface area contributed by atoms with Crippen molar-refractivity contribution in [2.45, 2.75) is 53.9 Å². The SMILES string of the molecule is C=C(C)/C=C\C(=C/C)c1nc(-c2ccc(C)cc2)nc(-c2cccc(-c3ccc4c(c3)C(C)(C)c3cc(-c5cccc(-c6nc(-c7ccc(C)cc7)nc(-c7ccc(C)cc7)n6)c5)ccc3O4)c2)n1. The minimum atomic E-state index is -0.392. The van der Waals surface area contributed by atoms with Crippen molar-refractivity contribution in [1.82, 2.24) is 29.9 Å². The number of nitrogens with zero attached hydrogens (tertiary/aromatic N) is 6. The number of aromatic nitrogens is 6. The van der Waals surface area contributed by atoms with Crippen LogP contribution in [-0.2, 0) is 5.41 Å². The molecule has 2 aromatic heterocycles. The third-order valence-corrected chi connectivity index (χ3v) is 12.8. The van der Waals surface area contributed by atoms with Gasteiger partial charge in [0.25, 0.3) is 0 Å². The Labute approximate surface area is 404 Å². The van der Waals surface area contributed by atoms with Gasteiger partial charge in [0.2, 0.25) is 0 Å². The van der Waals surface area contributed by atoms with Crippen LogP contribution in [0.4, 0.5) is 0 Å². The van der Waals surface area contributed by atoms with E-state index in [1.165, 1.54) is 16.7 Å². The van der Waals surface area contributed by atoms with E-state index >= 15 is 0 Å². The average Bonchev–Trinajstić information content (AvgIpc) is 3.37. The number of rotatable bonds is 10. The molecule has 7 heteroatoms. The highest BCUT2D eigenvalue weighted by molar-refractivity contribution is 5.78. The highest BCUT2D eigenvalue weighted by atomic mass is 16.5. The fraction of sp³-hybridized carbons (Fsp3) is 0.129. The zero-order chi connectivity index (χ0) is 47.8. The third kappa shape index (κ3) is 9.19. The molecular formula is C62H52N6O. The molecule has 336 valence electrons. The second-order valence-electron chi connectivity index (χ2n) is 18.4. The maximum Gasteiger partial charge on any atom is 0.164 e. The van der Waals surface area contributed by atoms with Crippen LogP contribution in [0.2, 0.25) is 0 Å². The molecule has 0 amide bonds. The molecule has 0 radical (unpaired) electrons. The number of fused-ring (bicyclic) bond motifs is 2. The van der Waals surface area contributed by atoms with E-state index in [0.717, 1.165) is 83.8 Å². The number of allylic oxidation sites excluding steroid dienone is 5. The molecule has 0 bridgehead atoms. The van der Waals surface area contributed by atoms with E-state index in [2.05, 4.69) is 199 Å². The van der Waals surface area contributed by atoms with Crippen molar-refractivity contribution in [2.24, 2.45) is 0 Å². The minimum absolute atomic E-state index is 0.392. The van der Waals surface area contributed by atoms with Crippen LogP contribution in [0.15, 0.2) is 188 Å². The second kappa shape index (κ2) is 18.3. The van der Waals surface area contributed by atoms with Gasteiger partial charge in [0, 0.05) is 49.9 Å². The number of hydrogen-bond donors (Lipinski definition) is 0. The Balaban J connectivity index is 0.986. The molecule has 0 saturated heterocycles. The van der Waals surface area contributed by atoms with E-state index in [0.29, 0.717) is 34.9 Å². The summed E-state index contributed by atoms with van der Waals surface area (Å²) in [5.41, 5.74) is 16.0. The molecule has 9 aromatic rings. The average molecular weight is 897 g/mol. The van der Waals surface area contributed by atoms with Crippen LogP contribution in [0.5, 0.6) is 11.5 Å². The normalized spacial score (nSPS) is 12.9. The van der Waals surface area contributed by atoms with E-state index in [1.54, 1.807) is 0 Å². The number of benzene rings is 7. The maximum absolute atomic E-state index is 6.68. The Morgan fingerprint density at radius 2 is 0.783 bits per heavy atom. The van der Waals surface area contributed by atoms with Crippen molar-refractivity contribution in [3.8, 4) is 90.7 Å². The Morgan fingerprint density at radius 1 is 0.435 bits per heavy atom. The lowest BCUT2D eigenvalue weighted by atomic mass is 9.74. The van der Waals surface area contributed by atoms with Crippen molar-refractivity contribution < 1.29 is 4.74 Å². The zero-order valence-corrected chi connectivity index (χ0v) is 40.0. The fourth-order valence-electron chi connectivity index (χ4n) is 8.68. The van der Waals surface area contributed by atoms with Crippen molar-refractivity contribution in [3.05, 3.63) is 222 Å². The van der Waals surface area contributed by atoms with Crippen LogP contribution in [0.3, 0.4) is 0 Å². The summed E-state index contributed by atoms with van der Waals surface area (Å²) in [7, 11) is 0. The van der Waals surface area contributed by atoms with Gasteiger partial charge in [-0.15, -0.1) is 0 Å². The van der Waals surface area contributed by atoms with Gasteiger partial charge >= 0.3 is 0 Å². The number of aryl methyl sites for hydroxylation is 3. The molecular weight excluding hydrogens is 845 g/mol. The number of ether oxygens (including phenoxy) is 1. The quantitative estimate of drug-likeness (QED) is 0.126. The van der Waals surface area contributed by atoms with Crippen molar-refractivity contribution in [1.29, 1.82) is 0 Å². The van der Waals surface area contributed by atoms with Gasteiger partial charge in [0.05, 0.1) is 0 Å². The molecule has 0 atom stereocenters. The summed E-state index contributed by atoms with van der Waals surface area (Å²) in [6, 6.07) is 54.8. The van der Waals surface area contributed by atoms with Crippen LogP contribution in [0.25, 0.3) is 84.8 Å². The van der Waals surface area contributed by atoms with E-state index in [-0.39, 0.29) is 0 Å². The maximum atomic E-state index is 6.68. The summed E-state index contributed by atoms with van der Waals surface area (Å²) < 4.78 is 6.68. The molecule has 0 saturated carbocycles. The first-order valence-electron chi connectivity index (χ1n) is 23.3. The summed E-state index contributed by atoms with van der Waals surface area (Å²) >= 11 is 0. The van der Waals surface area contributed by atoms with Crippen LogP contribution in [0.1, 0.15) is 61.3 Å². The van der Waals surface area contributed by atoms with Gasteiger partial charge in [-0.3, -0.25) is 0 Å². The Hall–Kier alpha value is -8.42. The van der Waals surface area contributed by atoms with E-state index in [9.17, 15) is 0 Å². The molecule has 0 aliphatic carbocycles. The van der Waals surface area contributed by atoms with Crippen LogP contribution in [0, 0.1) is 20.8 Å². The Bertz CT molecular complexity index is 3430. The molecule has 7 aromatic carbocycles. The smallest absolute Gasteiger partial charge is 0.164 e. The minimum Gasteiger partial charge on any atom is -0.457 e. The third-order valence-electron chi connectivity index (χ3n) is 12.8. The summed E-state index contributed by atoms with van der Waals surface area (Å²) in [6.45, 7) is 18.8. The molecule has 1 aliphatic heterocycles.